The van der Waals surface area contributed by atoms with E-state index in [0.29, 0.717) is 6.54 Å². The second-order valence-electron chi connectivity index (χ2n) is 9.09. The number of nitrogens with one attached hydrogen (secondary N) is 2. The molecule has 2 aromatic rings. The third kappa shape index (κ3) is 6.19. The lowest BCUT2D eigenvalue weighted by Crippen LogP contribution is -2.42. The molecule has 35 heavy (non-hydrogen) atoms. The van der Waals surface area contributed by atoms with Gasteiger partial charge in [-0.05, 0) is 41.0 Å². The van der Waals surface area contributed by atoms with E-state index in [4.69, 9.17) is 14.6 Å². The second kappa shape index (κ2) is 11.8. The summed E-state index contributed by atoms with van der Waals surface area (Å²) in [5, 5.41) is 14.3. The van der Waals surface area contributed by atoms with Gasteiger partial charge >= 0.3 is 12.1 Å². The number of carboxylic acids is 1. The third-order valence-electron chi connectivity index (χ3n) is 6.87. The van der Waals surface area contributed by atoms with Crippen molar-refractivity contribution >= 4 is 18.0 Å². The molecule has 0 aliphatic heterocycles. The van der Waals surface area contributed by atoms with Crippen LogP contribution in [0.3, 0.4) is 0 Å². The van der Waals surface area contributed by atoms with Gasteiger partial charge in [-0.25, -0.2) is 9.59 Å². The molecule has 8 heteroatoms. The van der Waals surface area contributed by atoms with E-state index in [1.165, 1.54) is 11.1 Å². The normalized spacial score (nSPS) is 18.9. The molecule has 2 aliphatic rings. The molecule has 3 N–H and O–H groups in total. The molecule has 0 radical (unpaired) electrons. The van der Waals surface area contributed by atoms with Crippen LogP contribution in [0.15, 0.2) is 48.5 Å². The monoisotopic (exact) mass is 480 g/mol. The van der Waals surface area contributed by atoms with Crippen LogP contribution in [-0.4, -0.2) is 56.0 Å². The number of alkyl carbamates (subject to hydrolysis) is 1. The third-order valence-corrected chi connectivity index (χ3v) is 6.87. The summed E-state index contributed by atoms with van der Waals surface area (Å²) in [6.07, 6.45) is 3.13. The topological polar surface area (TPSA) is 114 Å². The van der Waals surface area contributed by atoms with Gasteiger partial charge in [0, 0.05) is 24.9 Å². The largest absolute Gasteiger partial charge is 0.480 e. The van der Waals surface area contributed by atoms with Crippen LogP contribution >= 0.6 is 0 Å². The molecule has 1 saturated carbocycles. The lowest BCUT2D eigenvalue weighted by molar-refractivity contribution is -0.142. The Morgan fingerprint density at radius 2 is 1.57 bits per heavy atom. The van der Waals surface area contributed by atoms with E-state index in [-0.39, 0.29) is 50.0 Å². The van der Waals surface area contributed by atoms with E-state index in [0.717, 1.165) is 36.8 Å². The Labute approximate surface area is 205 Å². The van der Waals surface area contributed by atoms with Crippen LogP contribution in [0.1, 0.15) is 42.7 Å². The van der Waals surface area contributed by atoms with E-state index in [1.54, 1.807) is 0 Å². The Hall–Kier alpha value is -3.39. The van der Waals surface area contributed by atoms with Crippen molar-refractivity contribution in [3.05, 3.63) is 59.7 Å². The highest BCUT2D eigenvalue weighted by molar-refractivity contribution is 5.80. The van der Waals surface area contributed by atoms with Crippen LogP contribution in [0.4, 0.5) is 4.79 Å². The van der Waals surface area contributed by atoms with Crippen LogP contribution < -0.4 is 10.6 Å². The summed E-state index contributed by atoms with van der Waals surface area (Å²) in [5.74, 6) is -1.28. The van der Waals surface area contributed by atoms with E-state index < -0.39 is 12.1 Å². The first-order valence-electron chi connectivity index (χ1n) is 12.2. The molecule has 8 nitrogen and oxygen atoms in total. The van der Waals surface area contributed by atoms with Crippen LogP contribution in [0.2, 0.25) is 0 Å². The molecular weight excluding hydrogens is 448 g/mol. The van der Waals surface area contributed by atoms with Crippen LogP contribution in [0.25, 0.3) is 11.1 Å². The van der Waals surface area contributed by atoms with Crippen LogP contribution in [0.5, 0.6) is 0 Å². The minimum Gasteiger partial charge on any atom is -0.480 e. The van der Waals surface area contributed by atoms with E-state index in [2.05, 4.69) is 34.9 Å². The Balaban J connectivity index is 1.25. The minimum absolute atomic E-state index is 0.00435. The maximum atomic E-state index is 12.7. The standard InChI is InChI=1S/C27H32N2O6/c30-25(31)17-34-14-13-28-26(32)19-8-2-1-7-18(19)15-29-27(33)35-16-24-22-11-5-3-9-20(22)21-10-4-6-12-23(21)24/h3-6,9-12,18-19,24H,1-2,7-8,13-17H2,(H,28,32)(H,29,33)(H,30,31). The first-order chi connectivity index (χ1) is 17.0. The summed E-state index contributed by atoms with van der Waals surface area (Å²) in [7, 11) is 0. The van der Waals surface area contributed by atoms with Gasteiger partial charge in [0.1, 0.15) is 13.2 Å². The molecular formula is C27H32N2O6. The summed E-state index contributed by atoms with van der Waals surface area (Å²) < 4.78 is 10.6. The van der Waals surface area contributed by atoms with Gasteiger partial charge in [0.2, 0.25) is 5.91 Å². The minimum atomic E-state index is -1.04. The predicted octanol–water partition coefficient (Wildman–Crippen LogP) is 3.55. The van der Waals surface area contributed by atoms with Crippen molar-refractivity contribution in [1.82, 2.24) is 10.6 Å². The summed E-state index contributed by atoms with van der Waals surface area (Å²) >= 11 is 0. The number of carboxylic acid groups (broad SMARTS) is 1. The van der Waals surface area contributed by atoms with Crippen molar-refractivity contribution in [3.63, 3.8) is 0 Å². The first-order valence-corrected chi connectivity index (χ1v) is 12.2. The van der Waals surface area contributed by atoms with Crippen molar-refractivity contribution in [3.8, 4) is 11.1 Å². The van der Waals surface area contributed by atoms with Gasteiger partial charge in [-0.1, -0.05) is 61.4 Å². The Bertz CT molecular complexity index is 1010. The average molecular weight is 481 g/mol. The van der Waals surface area contributed by atoms with Crippen molar-refractivity contribution in [2.45, 2.75) is 31.6 Å². The SMILES string of the molecule is O=C(O)COCCNC(=O)C1CCCCC1CNC(=O)OCC1c2ccccc2-c2ccccc21. The molecule has 0 saturated heterocycles. The number of hydrogen-bond donors (Lipinski definition) is 3. The highest BCUT2D eigenvalue weighted by Crippen LogP contribution is 2.44. The average Bonchev–Trinajstić information content (AvgIpc) is 3.19. The van der Waals surface area contributed by atoms with E-state index >= 15 is 0 Å². The number of carbonyl (C=O) groups is 3. The van der Waals surface area contributed by atoms with Crippen molar-refractivity contribution in [2.75, 3.05) is 32.9 Å². The zero-order valence-corrected chi connectivity index (χ0v) is 19.7. The number of ether oxygens (including phenoxy) is 2. The lowest BCUT2D eigenvalue weighted by atomic mass is 9.78. The number of rotatable bonds is 10. The number of hydrogen-bond acceptors (Lipinski definition) is 5. The van der Waals surface area contributed by atoms with Gasteiger partial charge in [0.05, 0.1) is 6.61 Å². The van der Waals surface area contributed by atoms with Crippen molar-refractivity contribution in [1.29, 1.82) is 0 Å². The Morgan fingerprint density at radius 3 is 2.26 bits per heavy atom. The Morgan fingerprint density at radius 1 is 0.914 bits per heavy atom. The second-order valence-corrected chi connectivity index (χ2v) is 9.09. The molecule has 4 rings (SSSR count). The molecule has 0 aromatic heterocycles. The summed E-state index contributed by atoms with van der Waals surface area (Å²) in [4.78, 5) is 35.7. The number of aliphatic carboxylic acids is 1. The molecule has 0 spiro atoms. The maximum Gasteiger partial charge on any atom is 0.407 e. The molecule has 0 bridgehead atoms. The highest BCUT2D eigenvalue weighted by Gasteiger charge is 2.32. The van der Waals surface area contributed by atoms with Gasteiger partial charge in [0.25, 0.3) is 0 Å². The first kappa shape index (κ1) is 24.7. The fraction of sp³-hybridized carbons (Fsp3) is 0.444. The molecule has 2 atom stereocenters. The smallest absolute Gasteiger partial charge is 0.407 e. The summed E-state index contributed by atoms with van der Waals surface area (Å²) in [6, 6.07) is 16.4. The predicted molar refractivity (Wildman–Crippen MR) is 130 cm³/mol. The fourth-order valence-electron chi connectivity index (χ4n) is 5.20. The number of benzene rings is 2. The molecule has 2 aromatic carbocycles. The zero-order chi connectivity index (χ0) is 24.6. The Kier molecular flexibility index (Phi) is 8.36. The number of amides is 2. The molecule has 186 valence electrons. The summed E-state index contributed by atoms with van der Waals surface area (Å²) in [5.41, 5.74) is 4.69. The lowest BCUT2D eigenvalue weighted by Gasteiger charge is -2.30. The quantitative estimate of drug-likeness (QED) is 0.448. The summed E-state index contributed by atoms with van der Waals surface area (Å²) in [6.45, 7) is 0.656. The van der Waals surface area contributed by atoms with Crippen molar-refractivity contribution in [2.24, 2.45) is 11.8 Å². The van der Waals surface area contributed by atoms with Crippen molar-refractivity contribution < 1.29 is 29.0 Å². The molecule has 0 heterocycles. The van der Waals surface area contributed by atoms with Gasteiger partial charge in [0.15, 0.2) is 0 Å². The number of carbonyl (C=O) groups excluding carboxylic acids is 2. The van der Waals surface area contributed by atoms with Gasteiger partial charge < -0.3 is 25.2 Å². The molecule has 2 amide bonds. The van der Waals surface area contributed by atoms with E-state index in [9.17, 15) is 14.4 Å². The van der Waals surface area contributed by atoms with Crippen LogP contribution in [0, 0.1) is 11.8 Å². The maximum absolute atomic E-state index is 12.7. The van der Waals surface area contributed by atoms with Gasteiger partial charge in [-0.2, -0.15) is 0 Å². The fourth-order valence-corrected chi connectivity index (χ4v) is 5.20. The molecule has 2 unspecified atom stereocenters. The molecule has 2 aliphatic carbocycles. The van der Waals surface area contributed by atoms with Crippen LogP contribution in [-0.2, 0) is 19.1 Å². The number of fused-ring (bicyclic) bond motifs is 3. The van der Waals surface area contributed by atoms with Gasteiger partial charge in [-0.15, -0.1) is 0 Å². The highest BCUT2D eigenvalue weighted by atomic mass is 16.5. The molecule has 1 fully saturated rings. The zero-order valence-electron chi connectivity index (χ0n) is 19.7. The van der Waals surface area contributed by atoms with Gasteiger partial charge in [-0.3, -0.25) is 4.79 Å². The van der Waals surface area contributed by atoms with E-state index in [1.807, 2.05) is 24.3 Å².